The minimum atomic E-state index is 0.147. The van der Waals surface area contributed by atoms with E-state index in [2.05, 4.69) is 92.0 Å². The van der Waals surface area contributed by atoms with E-state index in [1.807, 2.05) is 0 Å². The minimum absolute atomic E-state index is 0.147. The van der Waals surface area contributed by atoms with Crippen LogP contribution in [-0.2, 0) is 0 Å². The molecule has 2 rings (SSSR count). The molecule has 4 heteroatoms. The number of methoxy groups -OCH3 is 1. The SMILES string of the molecule is COc1c(C)cc(C(Br)c2ccc(Br)cc2Br)cc1C. The Hall–Kier alpha value is -0.320. The summed E-state index contributed by atoms with van der Waals surface area (Å²) in [6.45, 7) is 4.15. The molecule has 0 aromatic heterocycles. The summed E-state index contributed by atoms with van der Waals surface area (Å²) in [5.74, 6) is 0.961. The number of rotatable bonds is 3. The van der Waals surface area contributed by atoms with E-state index in [9.17, 15) is 0 Å². The minimum Gasteiger partial charge on any atom is -0.496 e. The number of alkyl halides is 1. The molecule has 0 fully saturated rings. The van der Waals surface area contributed by atoms with E-state index in [-0.39, 0.29) is 4.83 Å². The van der Waals surface area contributed by atoms with Gasteiger partial charge in [0.05, 0.1) is 11.9 Å². The largest absolute Gasteiger partial charge is 0.496 e. The van der Waals surface area contributed by atoms with Crippen LogP contribution in [0.15, 0.2) is 39.3 Å². The second-order valence-electron chi connectivity index (χ2n) is 4.72. The summed E-state index contributed by atoms with van der Waals surface area (Å²) in [5.41, 5.74) is 4.74. The molecule has 0 heterocycles. The molecular weight excluding hydrogens is 448 g/mol. The highest BCUT2D eigenvalue weighted by Gasteiger charge is 2.16. The van der Waals surface area contributed by atoms with Gasteiger partial charge >= 0.3 is 0 Å². The van der Waals surface area contributed by atoms with Crippen LogP contribution in [0.5, 0.6) is 5.75 Å². The van der Waals surface area contributed by atoms with E-state index >= 15 is 0 Å². The summed E-state index contributed by atoms with van der Waals surface area (Å²) in [7, 11) is 1.71. The first kappa shape index (κ1) is 16.1. The lowest BCUT2D eigenvalue weighted by molar-refractivity contribution is 0.408. The first-order chi connectivity index (χ1) is 9.43. The molecule has 0 N–H and O–H groups in total. The molecule has 1 atom stereocenters. The quantitative estimate of drug-likeness (QED) is 0.485. The number of aryl methyl sites for hydroxylation is 2. The molecule has 2 aromatic carbocycles. The van der Waals surface area contributed by atoms with Gasteiger partial charge in [-0.1, -0.05) is 66.0 Å². The third-order valence-electron chi connectivity index (χ3n) is 3.21. The molecule has 2 aromatic rings. The van der Waals surface area contributed by atoms with Gasteiger partial charge < -0.3 is 4.74 Å². The number of hydrogen-bond acceptors (Lipinski definition) is 1. The highest BCUT2D eigenvalue weighted by molar-refractivity contribution is 9.11. The fraction of sp³-hybridized carbons (Fsp3) is 0.250. The molecule has 106 valence electrons. The Morgan fingerprint density at radius 2 is 1.60 bits per heavy atom. The lowest BCUT2D eigenvalue weighted by atomic mass is 9.99. The summed E-state index contributed by atoms with van der Waals surface area (Å²) >= 11 is 10.9. The second kappa shape index (κ2) is 6.63. The summed E-state index contributed by atoms with van der Waals surface area (Å²) < 4.78 is 7.57. The lowest BCUT2D eigenvalue weighted by Crippen LogP contribution is -1.98. The lowest BCUT2D eigenvalue weighted by Gasteiger charge is -2.17. The van der Waals surface area contributed by atoms with E-state index < -0.39 is 0 Å². The van der Waals surface area contributed by atoms with E-state index in [0.717, 1.165) is 25.8 Å². The molecule has 0 spiro atoms. The fourth-order valence-corrected chi connectivity index (χ4v) is 4.59. The molecule has 0 amide bonds. The maximum absolute atomic E-state index is 5.42. The summed E-state index contributed by atoms with van der Waals surface area (Å²) in [4.78, 5) is 0.147. The van der Waals surface area contributed by atoms with Crippen LogP contribution in [0, 0.1) is 13.8 Å². The van der Waals surface area contributed by atoms with Gasteiger partial charge in [0.2, 0.25) is 0 Å². The van der Waals surface area contributed by atoms with E-state index in [1.54, 1.807) is 7.11 Å². The molecule has 0 bridgehead atoms. The fourth-order valence-electron chi connectivity index (χ4n) is 2.34. The van der Waals surface area contributed by atoms with Crippen molar-refractivity contribution in [3.63, 3.8) is 0 Å². The van der Waals surface area contributed by atoms with Crippen molar-refractivity contribution in [3.05, 3.63) is 61.5 Å². The van der Waals surface area contributed by atoms with Crippen molar-refractivity contribution in [1.29, 1.82) is 0 Å². The van der Waals surface area contributed by atoms with Crippen molar-refractivity contribution in [1.82, 2.24) is 0 Å². The van der Waals surface area contributed by atoms with Gasteiger partial charge in [0, 0.05) is 8.95 Å². The molecule has 0 radical (unpaired) electrons. The van der Waals surface area contributed by atoms with Gasteiger partial charge in [-0.3, -0.25) is 0 Å². The van der Waals surface area contributed by atoms with E-state index in [4.69, 9.17) is 4.74 Å². The molecule has 20 heavy (non-hydrogen) atoms. The maximum Gasteiger partial charge on any atom is 0.124 e. The Bertz CT molecular complexity index is 615. The zero-order chi connectivity index (χ0) is 14.9. The van der Waals surface area contributed by atoms with E-state index in [1.165, 1.54) is 11.1 Å². The van der Waals surface area contributed by atoms with Crippen LogP contribution in [0.4, 0.5) is 0 Å². The van der Waals surface area contributed by atoms with Crippen LogP contribution in [0.3, 0.4) is 0 Å². The Morgan fingerprint density at radius 1 is 1.00 bits per heavy atom. The van der Waals surface area contributed by atoms with Crippen molar-refractivity contribution >= 4 is 47.8 Å². The zero-order valence-electron chi connectivity index (χ0n) is 11.5. The molecule has 0 aliphatic heterocycles. The van der Waals surface area contributed by atoms with Crippen LogP contribution < -0.4 is 4.74 Å². The Morgan fingerprint density at radius 3 is 2.10 bits per heavy atom. The van der Waals surface area contributed by atoms with Crippen LogP contribution >= 0.6 is 47.8 Å². The number of benzene rings is 2. The Balaban J connectivity index is 2.45. The number of ether oxygens (including phenoxy) is 1. The number of halogens is 3. The summed E-state index contributed by atoms with van der Waals surface area (Å²) in [6.07, 6.45) is 0. The third kappa shape index (κ3) is 3.29. The molecular formula is C16H15Br3O. The first-order valence-electron chi connectivity index (χ1n) is 6.18. The smallest absolute Gasteiger partial charge is 0.124 e. The molecule has 1 nitrogen and oxygen atoms in total. The monoisotopic (exact) mass is 460 g/mol. The molecule has 1 unspecified atom stereocenters. The predicted molar refractivity (Wildman–Crippen MR) is 95.1 cm³/mol. The zero-order valence-corrected chi connectivity index (χ0v) is 16.3. The van der Waals surface area contributed by atoms with Gasteiger partial charge in [0.15, 0.2) is 0 Å². The van der Waals surface area contributed by atoms with Crippen molar-refractivity contribution in [2.24, 2.45) is 0 Å². The maximum atomic E-state index is 5.42. The van der Waals surface area contributed by atoms with Crippen LogP contribution in [0.2, 0.25) is 0 Å². The molecule has 0 aliphatic carbocycles. The van der Waals surface area contributed by atoms with Gasteiger partial charge in [0.25, 0.3) is 0 Å². The van der Waals surface area contributed by atoms with Gasteiger partial charge in [-0.15, -0.1) is 0 Å². The average Bonchev–Trinajstić information content (AvgIpc) is 2.37. The van der Waals surface area contributed by atoms with Crippen LogP contribution in [-0.4, -0.2) is 7.11 Å². The van der Waals surface area contributed by atoms with Gasteiger partial charge in [-0.25, -0.2) is 0 Å². The van der Waals surface area contributed by atoms with Gasteiger partial charge in [0.1, 0.15) is 5.75 Å². The number of hydrogen-bond donors (Lipinski definition) is 0. The normalized spacial score (nSPS) is 12.3. The highest BCUT2D eigenvalue weighted by atomic mass is 79.9. The average molecular weight is 463 g/mol. The standard InChI is InChI=1S/C16H15Br3O/c1-9-6-11(7-10(2)16(9)20-3)15(19)13-5-4-12(17)8-14(13)18/h4-8,15H,1-3H3. The summed E-state index contributed by atoms with van der Waals surface area (Å²) in [6, 6.07) is 10.6. The van der Waals surface area contributed by atoms with Crippen molar-refractivity contribution in [3.8, 4) is 5.75 Å². The first-order valence-corrected chi connectivity index (χ1v) is 8.68. The second-order valence-corrected chi connectivity index (χ2v) is 7.40. The predicted octanol–water partition coefficient (Wildman–Crippen LogP) is 6.32. The highest BCUT2D eigenvalue weighted by Crippen LogP contribution is 2.38. The third-order valence-corrected chi connectivity index (χ3v) is 5.42. The molecule has 0 saturated heterocycles. The van der Waals surface area contributed by atoms with Crippen LogP contribution in [0.25, 0.3) is 0 Å². The molecule has 0 saturated carbocycles. The van der Waals surface area contributed by atoms with Crippen molar-refractivity contribution in [2.45, 2.75) is 18.7 Å². The topological polar surface area (TPSA) is 9.23 Å². The Kier molecular flexibility index (Phi) is 5.32. The van der Waals surface area contributed by atoms with Crippen molar-refractivity contribution < 1.29 is 4.74 Å². The molecule has 0 aliphatic rings. The van der Waals surface area contributed by atoms with E-state index in [0.29, 0.717) is 0 Å². The van der Waals surface area contributed by atoms with Gasteiger partial charge in [-0.05, 0) is 48.2 Å². The van der Waals surface area contributed by atoms with Crippen molar-refractivity contribution in [2.75, 3.05) is 7.11 Å². The summed E-state index contributed by atoms with van der Waals surface area (Å²) in [5, 5.41) is 0. The Labute approximate surface area is 145 Å². The van der Waals surface area contributed by atoms with Crippen LogP contribution in [0.1, 0.15) is 27.1 Å². The van der Waals surface area contributed by atoms with Gasteiger partial charge in [-0.2, -0.15) is 0 Å².